The summed E-state index contributed by atoms with van der Waals surface area (Å²) in [5, 5.41) is 2.64. The van der Waals surface area contributed by atoms with E-state index >= 15 is 0 Å². The molecule has 3 nitrogen and oxygen atoms in total. The lowest BCUT2D eigenvalue weighted by Crippen LogP contribution is -2.32. The SMILES string of the molecule is O=C(Nc1cccc(Br)n1)C1CCC(C(F)(F)F)CC1. The van der Waals surface area contributed by atoms with Crippen molar-refractivity contribution in [2.24, 2.45) is 11.8 Å². The van der Waals surface area contributed by atoms with E-state index in [0.717, 1.165) is 0 Å². The van der Waals surface area contributed by atoms with Gasteiger partial charge in [-0.2, -0.15) is 13.2 Å². The maximum absolute atomic E-state index is 12.5. The minimum Gasteiger partial charge on any atom is -0.310 e. The third kappa shape index (κ3) is 3.94. The second-order valence-electron chi connectivity index (χ2n) is 4.92. The molecule has 0 aliphatic heterocycles. The Morgan fingerprint density at radius 1 is 1.25 bits per heavy atom. The molecule has 0 radical (unpaired) electrons. The summed E-state index contributed by atoms with van der Waals surface area (Å²) in [5.41, 5.74) is 0. The van der Waals surface area contributed by atoms with Crippen LogP contribution >= 0.6 is 15.9 Å². The minimum atomic E-state index is -4.15. The Kier molecular flexibility index (Phi) is 4.67. The Balaban J connectivity index is 1.89. The van der Waals surface area contributed by atoms with Gasteiger partial charge in [-0.15, -0.1) is 0 Å². The second-order valence-corrected chi connectivity index (χ2v) is 5.74. The maximum Gasteiger partial charge on any atom is 0.391 e. The zero-order valence-corrected chi connectivity index (χ0v) is 12.2. The van der Waals surface area contributed by atoms with Crippen molar-refractivity contribution < 1.29 is 18.0 Å². The van der Waals surface area contributed by atoms with Gasteiger partial charge in [0.05, 0.1) is 5.92 Å². The fraction of sp³-hybridized carbons (Fsp3) is 0.538. The number of pyridine rings is 1. The lowest BCUT2D eigenvalue weighted by molar-refractivity contribution is -0.184. The van der Waals surface area contributed by atoms with Crippen molar-refractivity contribution in [3.63, 3.8) is 0 Å². The molecule has 0 unspecified atom stereocenters. The molecule has 0 bridgehead atoms. The standard InChI is InChI=1S/C13H14BrF3N2O/c14-10-2-1-3-11(18-10)19-12(20)8-4-6-9(7-5-8)13(15,16)17/h1-3,8-9H,4-7H2,(H,18,19,20). The van der Waals surface area contributed by atoms with Crippen LogP contribution in [-0.2, 0) is 4.79 Å². The van der Waals surface area contributed by atoms with Crippen LogP contribution in [0.1, 0.15) is 25.7 Å². The fourth-order valence-corrected chi connectivity index (χ4v) is 2.73. The van der Waals surface area contributed by atoms with Crippen LogP contribution in [0.2, 0.25) is 0 Å². The average molecular weight is 351 g/mol. The third-order valence-corrected chi connectivity index (χ3v) is 3.97. The summed E-state index contributed by atoms with van der Waals surface area (Å²) in [7, 11) is 0. The number of aromatic nitrogens is 1. The molecule has 1 heterocycles. The molecule has 110 valence electrons. The highest BCUT2D eigenvalue weighted by molar-refractivity contribution is 9.10. The van der Waals surface area contributed by atoms with E-state index in [1.54, 1.807) is 18.2 Å². The van der Waals surface area contributed by atoms with Gasteiger partial charge < -0.3 is 5.32 Å². The molecule has 1 aromatic rings. The van der Waals surface area contributed by atoms with Crippen molar-refractivity contribution in [3.8, 4) is 0 Å². The molecule has 1 saturated carbocycles. The summed E-state index contributed by atoms with van der Waals surface area (Å²) in [6, 6.07) is 5.10. The maximum atomic E-state index is 12.5. The number of carbonyl (C=O) groups excluding carboxylic acids is 1. The quantitative estimate of drug-likeness (QED) is 0.814. The third-order valence-electron chi connectivity index (χ3n) is 3.53. The number of halogens is 4. The molecule has 1 aromatic heterocycles. The van der Waals surface area contributed by atoms with Gasteiger partial charge in [-0.25, -0.2) is 4.98 Å². The van der Waals surface area contributed by atoms with Crippen molar-refractivity contribution in [3.05, 3.63) is 22.8 Å². The first-order valence-electron chi connectivity index (χ1n) is 6.36. The highest BCUT2D eigenvalue weighted by Crippen LogP contribution is 2.39. The number of carbonyl (C=O) groups is 1. The summed E-state index contributed by atoms with van der Waals surface area (Å²) < 4.78 is 38.2. The van der Waals surface area contributed by atoms with E-state index < -0.39 is 12.1 Å². The lowest BCUT2D eigenvalue weighted by Gasteiger charge is -2.28. The molecular formula is C13H14BrF3N2O. The molecule has 1 aliphatic rings. The topological polar surface area (TPSA) is 42.0 Å². The summed E-state index contributed by atoms with van der Waals surface area (Å²) in [5.74, 6) is -1.48. The van der Waals surface area contributed by atoms with E-state index in [9.17, 15) is 18.0 Å². The smallest absolute Gasteiger partial charge is 0.310 e. The molecule has 2 rings (SSSR count). The number of nitrogens with zero attached hydrogens (tertiary/aromatic N) is 1. The first kappa shape index (κ1) is 15.3. The summed E-state index contributed by atoms with van der Waals surface area (Å²) in [4.78, 5) is 16.1. The largest absolute Gasteiger partial charge is 0.391 e. The molecular weight excluding hydrogens is 337 g/mol. The Morgan fingerprint density at radius 2 is 1.90 bits per heavy atom. The van der Waals surface area contributed by atoms with Crippen LogP contribution in [-0.4, -0.2) is 17.1 Å². The van der Waals surface area contributed by atoms with Gasteiger partial charge in [0.25, 0.3) is 0 Å². The summed E-state index contributed by atoms with van der Waals surface area (Å²) in [6.07, 6.45) is -3.57. The monoisotopic (exact) mass is 350 g/mol. The number of amides is 1. The first-order valence-corrected chi connectivity index (χ1v) is 7.15. The normalized spacial score (nSPS) is 23.4. The lowest BCUT2D eigenvalue weighted by atomic mass is 9.81. The van der Waals surface area contributed by atoms with Crippen LogP contribution in [0.5, 0.6) is 0 Å². The predicted molar refractivity (Wildman–Crippen MR) is 72.1 cm³/mol. The van der Waals surface area contributed by atoms with Crippen LogP contribution in [0.4, 0.5) is 19.0 Å². The minimum absolute atomic E-state index is 0.0213. The molecule has 0 aromatic carbocycles. The van der Waals surface area contributed by atoms with Gasteiger partial charge in [0.1, 0.15) is 10.4 Å². The van der Waals surface area contributed by atoms with Crippen molar-refractivity contribution in [1.82, 2.24) is 4.98 Å². The molecule has 1 N–H and O–H groups in total. The van der Waals surface area contributed by atoms with Gasteiger partial charge in [0.15, 0.2) is 0 Å². The highest BCUT2D eigenvalue weighted by atomic mass is 79.9. The van der Waals surface area contributed by atoms with Crippen LogP contribution in [0, 0.1) is 11.8 Å². The number of hydrogen-bond acceptors (Lipinski definition) is 2. The Bertz CT molecular complexity index is 485. The van der Waals surface area contributed by atoms with Crippen molar-refractivity contribution >= 4 is 27.7 Å². The number of alkyl halides is 3. The second kappa shape index (κ2) is 6.11. The average Bonchev–Trinajstić information content (AvgIpc) is 2.38. The van der Waals surface area contributed by atoms with E-state index in [2.05, 4.69) is 26.2 Å². The van der Waals surface area contributed by atoms with Gasteiger partial charge in [-0.1, -0.05) is 6.07 Å². The predicted octanol–water partition coefficient (Wildman–Crippen LogP) is 4.15. The number of hydrogen-bond donors (Lipinski definition) is 1. The Hall–Kier alpha value is -1.11. The molecule has 20 heavy (non-hydrogen) atoms. The van der Waals surface area contributed by atoms with E-state index in [-0.39, 0.29) is 37.5 Å². The number of rotatable bonds is 2. The first-order chi connectivity index (χ1) is 9.36. The van der Waals surface area contributed by atoms with Gasteiger partial charge in [0, 0.05) is 5.92 Å². The summed E-state index contributed by atoms with van der Waals surface area (Å²) in [6.45, 7) is 0. The molecule has 0 spiro atoms. The van der Waals surface area contributed by atoms with E-state index in [1.165, 1.54) is 0 Å². The van der Waals surface area contributed by atoms with Crippen LogP contribution in [0.15, 0.2) is 22.8 Å². The van der Waals surface area contributed by atoms with Crippen LogP contribution in [0.25, 0.3) is 0 Å². The zero-order chi connectivity index (χ0) is 14.8. The molecule has 1 amide bonds. The van der Waals surface area contributed by atoms with E-state index in [0.29, 0.717) is 10.4 Å². The zero-order valence-electron chi connectivity index (χ0n) is 10.6. The molecule has 1 fully saturated rings. The van der Waals surface area contributed by atoms with E-state index in [4.69, 9.17) is 0 Å². The molecule has 0 atom stereocenters. The molecule has 7 heteroatoms. The van der Waals surface area contributed by atoms with Crippen LogP contribution < -0.4 is 5.32 Å². The van der Waals surface area contributed by atoms with Gasteiger partial charge in [0.2, 0.25) is 5.91 Å². The van der Waals surface area contributed by atoms with Crippen molar-refractivity contribution in [2.75, 3.05) is 5.32 Å². The number of nitrogens with one attached hydrogen (secondary N) is 1. The summed E-state index contributed by atoms with van der Waals surface area (Å²) >= 11 is 3.19. The van der Waals surface area contributed by atoms with Gasteiger partial charge in [-0.3, -0.25) is 4.79 Å². The van der Waals surface area contributed by atoms with Crippen LogP contribution in [0.3, 0.4) is 0 Å². The molecule has 0 saturated heterocycles. The van der Waals surface area contributed by atoms with Gasteiger partial charge >= 0.3 is 6.18 Å². The van der Waals surface area contributed by atoms with Crippen molar-refractivity contribution in [1.29, 1.82) is 0 Å². The Labute approximate surface area is 123 Å². The van der Waals surface area contributed by atoms with E-state index in [1.807, 2.05) is 0 Å². The highest BCUT2D eigenvalue weighted by Gasteiger charge is 2.42. The fourth-order valence-electron chi connectivity index (χ4n) is 2.39. The van der Waals surface area contributed by atoms with Crippen molar-refractivity contribution in [2.45, 2.75) is 31.9 Å². The Morgan fingerprint density at radius 3 is 2.45 bits per heavy atom. The molecule has 1 aliphatic carbocycles. The number of anilines is 1. The van der Waals surface area contributed by atoms with Gasteiger partial charge in [-0.05, 0) is 53.7 Å².